The lowest BCUT2D eigenvalue weighted by Gasteiger charge is -2.33. The number of ether oxygens (including phenoxy) is 1. The van der Waals surface area contributed by atoms with E-state index >= 15 is 0 Å². The number of amides is 1. The van der Waals surface area contributed by atoms with Gasteiger partial charge in [-0.05, 0) is 62.6 Å². The van der Waals surface area contributed by atoms with Gasteiger partial charge in [0.05, 0.1) is 6.04 Å². The molecule has 144 valence electrons. The first-order chi connectivity index (χ1) is 12.7. The van der Waals surface area contributed by atoms with Gasteiger partial charge in [0.2, 0.25) is 0 Å². The fourth-order valence-electron chi connectivity index (χ4n) is 3.35. The number of halogens is 4. The monoisotopic (exact) mass is 397 g/mol. The standard InChI is InChI=1S/C20H19ClF3NO2/c1-20(2,27-18-6-5-13(21)10-16(18)24)19(26)25-7-3-4-17(25)12-8-14(22)11-15(23)9-12/h5-6,8-11,17H,3-4,7H2,1-2H3/t17-/m0/s1. The first-order valence-electron chi connectivity index (χ1n) is 8.58. The van der Waals surface area contributed by atoms with Crippen molar-refractivity contribution in [3.63, 3.8) is 0 Å². The van der Waals surface area contributed by atoms with Gasteiger partial charge in [0, 0.05) is 17.6 Å². The Balaban J connectivity index is 1.84. The molecule has 2 aromatic rings. The molecule has 7 heteroatoms. The molecule has 0 aromatic heterocycles. The Kier molecular flexibility index (Phi) is 5.38. The normalized spacial score (nSPS) is 17.3. The quantitative estimate of drug-likeness (QED) is 0.702. The molecule has 1 heterocycles. The van der Waals surface area contributed by atoms with Crippen molar-refractivity contribution >= 4 is 17.5 Å². The summed E-state index contributed by atoms with van der Waals surface area (Å²) in [4.78, 5) is 14.6. The van der Waals surface area contributed by atoms with Crippen molar-refractivity contribution in [1.82, 2.24) is 4.90 Å². The van der Waals surface area contributed by atoms with Crippen LogP contribution in [0, 0.1) is 17.5 Å². The van der Waals surface area contributed by atoms with E-state index in [4.69, 9.17) is 16.3 Å². The van der Waals surface area contributed by atoms with Gasteiger partial charge < -0.3 is 9.64 Å². The molecule has 0 bridgehead atoms. The maximum absolute atomic E-state index is 14.0. The number of likely N-dealkylation sites (tertiary alicyclic amines) is 1. The highest BCUT2D eigenvalue weighted by molar-refractivity contribution is 6.30. The fourth-order valence-corrected chi connectivity index (χ4v) is 3.51. The molecule has 0 spiro atoms. The number of carbonyl (C=O) groups is 1. The number of rotatable bonds is 4. The maximum atomic E-state index is 14.0. The van der Waals surface area contributed by atoms with E-state index in [2.05, 4.69) is 0 Å². The Labute approximate surface area is 160 Å². The molecule has 1 fully saturated rings. The number of nitrogens with zero attached hydrogens (tertiary/aromatic N) is 1. The minimum atomic E-state index is -1.37. The highest BCUT2D eigenvalue weighted by Crippen LogP contribution is 2.35. The van der Waals surface area contributed by atoms with Crippen LogP contribution in [0.3, 0.4) is 0 Å². The second kappa shape index (κ2) is 7.43. The van der Waals surface area contributed by atoms with Crippen LogP contribution in [0.15, 0.2) is 36.4 Å². The van der Waals surface area contributed by atoms with Crippen LogP contribution in [0.4, 0.5) is 13.2 Å². The summed E-state index contributed by atoms with van der Waals surface area (Å²) in [6, 6.07) is 6.72. The zero-order valence-corrected chi connectivity index (χ0v) is 15.7. The van der Waals surface area contributed by atoms with Gasteiger partial charge in [-0.15, -0.1) is 0 Å². The lowest BCUT2D eigenvalue weighted by Crippen LogP contribution is -2.48. The van der Waals surface area contributed by atoms with Gasteiger partial charge in [-0.2, -0.15) is 0 Å². The van der Waals surface area contributed by atoms with Crippen molar-refractivity contribution in [3.8, 4) is 5.75 Å². The summed E-state index contributed by atoms with van der Waals surface area (Å²) in [6.45, 7) is 3.49. The van der Waals surface area contributed by atoms with E-state index in [-0.39, 0.29) is 16.7 Å². The van der Waals surface area contributed by atoms with E-state index in [0.717, 1.165) is 12.1 Å². The molecule has 3 rings (SSSR count). The van der Waals surface area contributed by atoms with Gasteiger partial charge in [-0.25, -0.2) is 13.2 Å². The average Bonchev–Trinajstić information content (AvgIpc) is 3.05. The van der Waals surface area contributed by atoms with E-state index in [9.17, 15) is 18.0 Å². The van der Waals surface area contributed by atoms with Gasteiger partial charge >= 0.3 is 0 Å². The summed E-state index contributed by atoms with van der Waals surface area (Å²) < 4.78 is 46.8. The van der Waals surface area contributed by atoms with Crippen molar-refractivity contribution in [2.75, 3.05) is 6.54 Å². The first kappa shape index (κ1) is 19.5. The SMILES string of the molecule is CC(C)(Oc1ccc(Cl)cc1F)C(=O)N1CCC[C@H]1c1cc(F)cc(F)c1. The van der Waals surface area contributed by atoms with Crippen molar-refractivity contribution in [2.24, 2.45) is 0 Å². The third-order valence-electron chi connectivity index (χ3n) is 4.56. The minimum absolute atomic E-state index is 0.0923. The molecule has 1 aliphatic rings. The highest BCUT2D eigenvalue weighted by atomic mass is 35.5. The molecular formula is C20H19ClF3NO2. The van der Waals surface area contributed by atoms with E-state index < -0.39 is 29.1 Å². The maximum Gasteiger partial charge on any atom is 0.266 e. The summed E-state index contributed by atoms with van der Waals surface area (Å²) in [7, 11) is 0. The van der Waals surface area contributed by atoms with Gasteiger partial charge in [-0.3, -0.25) is 4.79 Å². The second-order valence-electron chi connectivity index (χ2n) is 7.05. The van der Waals surface area contributed by atoms with E-state index in [0.29, 0.717) is 24.9 Å². The molecular weight excluding hydrogens is 379 g/mol. The molecule has 1 saturated heterocycles. The van der Waals surface area contributed by atoms with Gasteiger partial charge in [0.25, 0.3) is 5.91 Å². The molecule has 0 unspecified atom stereocenters. The number of hydrogen-bond acceptors (Lipinski definition) is 2. The zero-order chi connectivity index (χ0) is 19.8. The molecule has 1 atom stereocenters. The Hall–Kier alpha value is -2.21. The van der Waals surface area contributed by atoms with Crippen LogP contribution in [-0.2, 0) is 4.79 Å². The van der Waals surface area contributed by atoms with Crippen LogP contribution >= 0.6 is 11.6 Å². The Morgan fingerprint density at radius 2 is 1.81 bits per heavy atom. The first-order valence-corrected chi connectivity index (χ1v) is 8.96. The van der Waals surface area contributed by atoms with Crippen LogP contribution < -0.4 is 4.74 Å². The van der Waals surface area contributed by atoms with Crippen LogP contribution in [-0.4, -0.2) is 23.0 Å². The average molecular weight is 398 g/mol. The smallest absolute Gasteiger partial charge is 0.266 e. The van der Waals surface area contributed by atoms with Crippen molar-refractivity contribution in [2.45, 2.75) is 38.3 Å². The third kappa shape index (κ3) is 4.21. The Morgan fingerprint density at radius 1 is 1.15 bits per heavy atom. The molecule has 0 saturated carbocycles. The lowest BCUT2D eigenvalue weighted by atomic mass is 10.0. The highest BCUT2D eigenvalue weighted by Gasteiger charge is 2.40. The summed E-state index contributed by atoms with van der Waals surface area (Å²) in [5, 5.41) is 0.219. The van der Waals surface area contributed by atoms with Crippen molar-refractivity contribution in [3.05, 3.63) is 64.4 Å². The second-order valence-corrected chi connectivity index (χ2v) is 7.48. The van der Waals surface area contributed by atoms with Gasteiger partial charge in [-0.1, -0.05) is 11.6 Å². The molecule has 2 aromatic carbocycles. The Bertz CT molecular complexity index is 852. The summed E-state index contributed by atoms with van der Waals surface area (Å²) in [5.41, 5.74) is -0.977. The number of carbonyl (C=O) groups excluding carboxylic acids is 1. The molecule has 27 heavy (non-hydrogen) atoms. The molecule has 0 radical (unpaired) electrons. The number of hydrogen-bond donors (Lipinski definition) is 0. The van der Waals surface area contributed by atoms with E-state index in [1.165, 1.54) is 43.0 Å². The third-order valence-corrected chi connectivity index (χ3v) is 4.79. The minimum Gasteiger partial charge on any atom is -0.475 e. The van der Waals surface area contributed by atoms with Crippen LogP contribution in [0.25, 0.3) is 0 Å². The fraction of sp³-hybridized carbons (Fsp3) is 0.350. The molecule has 0 aliphatic carbocycles. The van der Waals surface area contributed by atoms with Crippen LogP contribution in [0.5, 0.6) is 5.75 Å². The van der Waals surface area contributed by atoms with Gasteiger partial charge in [0.15, 0.2) is 17.2 Å². The van der Waals surface area contributed by atoms with Gasteiger partial charge in [0.1, 0.15) is 11.6 Å². The molecule has 1 aliphatic heterocycles. The zero-order valence-electron chi connectivity index (χ0n) is 14.9. The summed E-state index contributed by atoms with van der Waals surface area (Å²) in [6.07, 6.45) is 1.28. The molecule has 0 N–H and O–H groups in total. The van der Waals surface area contributed by atoms with Crippen molar-refractivity contribution < 1.29 is 22.7 Å². The topological polar surface area (TPSA) is 29.5 Å². The molecule has 1 amide bonds. The Morgan fingerprint density at radius 3 is 2.44 bits per heavy atom. The summed E-state index contributed by atoms with van der Waals surface area (Å²) >= 11 is 5.73. The molecule has 3 nitrogen and oxygen atoms in total. The van der Waals surface area contributed by atoms with E-state index in [1.54, 1.807) is 0 Å². The number of benzene rings is 2. The van der Waals surface area contributed by atoms with Crippen LogP contribution in [0.2, 0.25) is 5.02 Å². The predicted octanol–water partition coefficient (Wildman–Crippen LogP) is 5.28. The largest absolute Gasteiger partial charge is 0.475 e. The summed E-state index contributed by atoms with van der Waals surface area (Å²) in [5.74, 6) is -2.53. The van der Waals surface area contributed by atoms with Crippen molar-refractivity contribution in [1.29, 1.82) is 0 Å². The lowest BCUT2D eigenvalue weighted by molar-refractivity contribution is -0.146. The van der Waals surface area contributed by atoms with Crippen LogP contribution in [0.1, 0.15) is 38.3 Å². The van der Waals surface area contributed by atoms with E-state index in [1.807, 2.05) is 0 Å². The predicted molar refractivity (Wildman–Crippen MR) is 96.2 cm³/mol.